The summed E-state index contributed by atoms with van der Waals surface area (Å²) in [6.07, 6.45) is 1.20. The molecule has 0 amide bonds. The first-order valence-corrected chi connectivity index (χ1v) is 6.06. The average Bonchev–Trinajstić information content (AvgIpc) is 2.40. The highest BCUT2D eigenvalue weighted by molar-refractivity contribution is 5.42. The molecule has 0 saturated carbocycles. The van der Waals surface area contributed by atoms with Crippen molar-refractivity contribution in [1.29, 1.82) is 0 Å². The van der Waals surface area contributed by atoms with Gasteiger partial charge in [0.15, 0.2) is 0 Å². The maximum atomic E-state index is 12.3. The van der Waals surface area contributed by atoms with Crippen LogP contribution in [0, 0.1) is 0 Å². The Hall–Kier alpha value is -1.92. The van der Waals surface area contributed by atoms with Gasteiger partial charge >= 0.3 is 0 Å². The third-order valence-electron chi connectivity index (χ3n) is 2.72. The number of hydrogen-bond donors (Lipinski definition) is 2. The van der Waals surface area contributed by atoms with Crippen molar-refractivity contribution >= 4 is 5.65 Å². The molecular weight excluding hydrogens is 246 g/mol. The van der Waals surface area contributed by atoms with E-state index in [9.17, 15) is 9.90 Å². The van der Waals surface area contributed by atoms with E-state index in [1.807, 2.05) is 6.07 Å². The molecular formula is C13H17N3O3. The highest BCUT2D eigenvalue weighted by atomic mass is 16.5. The van der Waals surface area contributed by atoms with Gasteiger partial charge < -0.3 is 15.2 Å². The molecule has 2 aromatic heterocycles. The predicted octanol–water partition coefficient (Wildman–Crippen LogP) is 0.174. The third-order valence-corrected chi connectivity index (χ3v) is 2.72. The van der Waals surface area contributed by atoms with Gasteiger partial charge in [-0.2, -0.15) is 4.98 Å². The minimum Gasteiger partial charge on any atom is -0.481 e. The van der Waals surface area contributed by atoms with Gasteiger partial charge in [-0.3, -0.25) is 9.20 Å². The number of nitrogens with zero attached hydrogens (tertiary/aromatic N) is 2. The number of fused-ring (bicyclic) bond motifs is 1. The molecule has 2 N–H and O–H groups in total. The molecule has 1 atom stereocenters. The molecule has 0 fully saturated rings. The molecule has 0 aromatic carbocycles. The van der Waals surface area contributed by atoms with E-state index in [0.717, 1.165) is 0 Å². The van der Waals surface area contributed by atoms with Crippen molar-refractivity contribution in [3.8, 4) is 5.88 Å². The van der Waals surface area contributed by atoms with Crippen molar-refractivity contribution in [2.24, 2.45) is 0 Å². The summed E-state index contributed by atoms with van der Waals surface area (Å²) < 4.78 is 6.64. The molecule has 2 rings (SSSR count). The number of aliphatic hydroxyl groups is 1. The summed E-state index contributed by atoms with van der Waals surface area (Å²) in [5.41, 5.74) is 0.830. The Morgan fingerprint density at radius 1 is 1.53 bits per heavy atom. The average molecular weight is 263 g/mol. The lowest BCUT2D eigenvalue weighted by atomic mass is 10.3. The van der Waals surface area contributed by atoms with Crippen molar-refractivity contribution in [1.82, 2.24) is 14.7 Å². The van der Waals surface area contributed by atoms with E-state index in [1.54, 1.807) is 25.3 Å². The molecule has 0 radical (unpaired) electrons. The van der Waals surface area contributed by atoms with Crippen LogP contribution >= 0.6 is 0 Å². The van der Waals surface area contributed by atoms with E-state index in [4.69, 9.17) is 4.74 Å². The Balaban J connectivity index is 2.40. The number of nitrogens with one attached hydrogen (secondary N) is 1. The fraction of sp³-hybridized carbons (Fsp3) is 0.385. The normalized spacial score (nSPS) is 12.6. The molecule has 0 bridgehead atoms. The predicted molar refractivity (Wildman–Crippen MR) is 71.4 cm³/mol. The van der Waals surface area contributed by atoms with Gasteiger partial charge in [-0.05, 0) is 19.1 Å². The van der Waals surface area contributed by atoms with Crippen LogP contribution < -0.4 is 15.6 Å². The monoisotopic (exact) mass is 263 g/mol. The van der Waals surface area contributed by atoms with Crippen molar-refractivity contribution in [3.05, 3.63) is 40.3 Å². The Kier molecular flexibility index (Phi) is 4.13. The molecule has 2 heterocycles. The zero-order valence-corrected chi connectivity index (χ0v) is 11.0. The van der Waals surface area contributed by atoms with E-state index >= 15 is 0 Å². The molecule has 0 unspecified atom stereocenters. The number of ether oxygens (including phenoxy) is 1. The number of methoxy groups -OCH3 is 1. The fourth-order valence-corrected chi connectivity index (χ4v) is 1.83. The van der Waals surface area contributed by atoms with Gasteiger partial charge in [-0.15, -0.1) is 0 Å². The summed E-state index contributed by atoms with van der Waals surface area (Å²) >= 11 is 0. The molecule has 0 saturated heterocycles. The van der Waals surface area contributed by atoms with E-state index in [-0.39, 0.29) is 5.56 Å². The van der Waals surface area contributed by atoms with E-state index in [2.05, 4.69) is 10.3 Å². The van der Waals surface area contributed by atoms with E-state index in [1.165, 1.54) is 11.5 Å². The lowest BCUT2D eigenvalue weighted by Crippen LogP contribution is -2.29. The van der Waals surface area contributed by atoms with Crippen molar-refractivity contribution < 1.29 is 9.84 Å². The Labute approximate surface area is 110 Å². The second-order valence-electron chi connectivity index (χ2n) is 4.31. The van der Waals surface area contributed by atoms with Crippen LogP contribution in [-0.2, 0) is 6.54 Å². The molecule has 6 nitrogen and oxygen atoms in total. The molecule has 0 aliphatic carbocycles. The van der Waals surface area contributed by atoms with E-state index in [0.29, 0.717) is 30.2 Å². The molecule has 0 spiro atoms. The first-order chi connectivity index (χ1) is 9.13. The molecule has 0 aliphatic rings. The highest BCUT2D eigenvalue weighted by Crippen LogP contribution is 2.12. The van der Waals surface area contributed by atoms with Crippen LogP contribution in [0.3, 0.4) is 0 Å². The summed E-state index contributed by atoms with van der Waals surface area (Å²) in [6, 6.07) is 5.33. The maximum absolute atomic E-state index is 12.3. The van der Waals surface area contributed by atoms with Crippen LogP contribution in [0.2, 0.25) is 0 Å². The van der Waals surface area contributed by atoms with Gasteiger partial charge in [0.1, 0.15) is 5.65 Å². The fourth-order valence-electron chi connectivity index (χ4n) is 1.83. The summed E-state index contributed by atoms with van der Waals surface area (Å²) in [4.78, 5) is 16.6. The number of aromatic nitrogens is 2. The van der Waals surface area contributed by atoms with Crippen LogP contribution in [-0.4, -0.2) is 34.2 Å². The maximum Gasteiger partial charge on any atom is 0.266 e. The molecule has 6 heteroatoms. The summed E-state index contributed by atoms with van der Waals surface area (Å²) in [6.45, 7) is 2.38. The number of aliphatic hydroxyl groups excluding tert-OH is 1. The minimum absolute atomic E-state index is 0.166. The first-order valence-electron chi connectivity index (χ1n) is 6.06. The summed E-state index contributed by atoms with van der Waals surface area (Å²) in [7, 11) is 1.49. The van der Waals surface area contributed by atoms with Crippen molar-refractivity contribution in [2.45, 2.75) is 19.6 Å². The summed E-state index contributed by atoms with van der Waals surface area (Å²) in [5, 5.41) is 12.2. The van der Waals surface area contributed by atoms with Crippen LogP contribution in [0.5, 0.6) is 5.88 Å². The third kappa shape index (κ3) is 2.91. The Morgan fingerprint density at radius 2 is 2.32 bits per heavy atom. The van der Waals surface area contributed by atoms with Crippen LogP contribution in [0.25, 0.3) is 5.65 Å². The van der Waals surface area contributed by atoms with Gasteiger partial charge in [-0.25, -0.2) is 0 Å². The second kappa shape index (κ2) is 5.81. The second-order valence-corrected chi connectivity index (χ2v) is 4.31. The topological polar surface area (TPSA) is 75.9 Å². The standard InChI is InChI=1S/C13H17N3O3/c1-9(17)7-14-8-10-12(19-2)15-11-5-3-4-6-16(11)13(10)18/h3-6,9,14,17H,7-8H2,1-2H3/t9-/m0/s1. The number of pyridine rings is 1. The quantitative estimate of drug-likeness (QED) is 0.804. The van der Waals surface area contributed by atoms with Crippen LogP contribution in [0.4, 0.5) is 0 Å². The molecule has 0 aliphatic heterocycles. The van der Waals surface area contributed by atoms with Crippen molar-refractivity contribution in [2.75, 3.05) is 13.7 Å². The van der Waals surface area contributed by atoms with Gasteiger partial charge in [-0.1, -0.05) is 6.07 Å². The lowest BCUT2D eigenvalue weighted by Gasteiger charge is -2.11. The zero-order valence-electron chi connectivity index (χ0n) is 11.0. The van der Waals surface area contributed by atoms with Gasteiger partial charge in [0.2, 0.25) is 5.88 Å². The number of rotatable bonds is 5. The first kappa shape index (κ1) is 13.5. The van der Waals surface area contributed by atoms with Gasteiger partial charge in [0, 0.05) is 19.3 Å². The van der Waals surface area contributed by atoms with Gasteiger partial charge in [0.05, 0.1) is 18.8 Å². The van der Waals surface area contributed by atoms with E-state index < -0.39 is 6.10 Å². The minimum atomic E-state index is -0.470. The highest BCUT2D eigenvalue weighted by Gasteiger charge is 2.12. The molecule has 102 valence electrons. The van der Waals surface area contributed by atoms with Crippen LogP contribution in [0.1, 0.15) is 12.5 Å². The SMILES string of the molecule is COc1nc2ccccn2c(=O)c1CNC[C@H](C)O. The molecule has 19 heavy (non-hydrogen) atoms. The zero-order chi connectivity index (χ0) is 13.8. The Bertz CT molecular complexity index is 622. The Morgan fingerprint density at radius 3 is 3.00 bits per heavy atom. The van der Waals surface area contributed by atoms with Gasteiger partial charge in [0.25, 0.3) is 5.56 Å². The largest absolute Gasteiger partial charge is 0.481 e. The van der Waals surface area contributed by atoms with Crippen LogP contribution in [0.15, 0.2) is 29.2 Å². The molecule has 2 aromatic rings. The van der Waals surface area contributed by atoms with Crippen molar-refractivity contribution in [3.63, 3.8) is 0 Å². The summed E-state index contributed by atoms with van der Waals surface area (Å²) in [5.74, 6) is 0.314. The smallest absolute Gasteiger partial charge is 0.266 e. The number of hydrogen-bond acceptors (Lipinski definition) is 5. The lowest BCUT2D eigenvalue weighted by molar-refractivity contribution is 0.190.